The summed E-state index contributed by atoms with van der Waals surface area (Å²) in [5.74, 6) is 0.0728. The van der Waals surface area contributed by atoms with Gasteiger partial charge in [-0.1, -0.05) is 18.2 Å². The Bertz CT molecular complexity index is 423. The van der Waals surface area contributed by atoms with Gasteiger partial charge in [-0.25, -0.2) is 0 Å². The summed E-state index contributed by atoms with van der Waals surface area (Å²) in [5, 5.41) is 6.63. The van der Waals surface area contributed by atoms with Crippen molar-refractivity contribution < 1.29 is 4.79 Å². The second-order valence-corrected chi connectivity index (χ2v) is 5.71. The topological polar surface area (TPSA) is 41.1 Å². The molecular formula is C15H20N2O. The van der Waals surface area contributed by atoms with E-state index in [9.17, 15) is 4.79 Å². The van der Waals surface area contributed by atoms with Gasteiger partial charge in [0.2, 0.25) is 0 Å². The lowest BCUT2D eigenvalue weighted by molar-refractivity contribution is 0.0935. The Labute approximate surface area is 108 Å². The first-order valence-electron chi connectivity index (χ1n) is 6.84. The minimum Gasteiger partial charge on any atom is -0.349 e. The van der Waals surface area contributed by atoms with Crippen molar-refractivity contribution in [2.24, 2.45) is 5.41 Å². The molecule has 1 aromatic rings. The van der Waals surface area contributed by atoms with Crippen LogP contribution in [0.3, 0.4) is 0 Å². The van der Waals surface area contributed by atoms with E-state index in [0.29, 0.717) is 11.5 Å². The number of carbonyl (C=O) groups is 1. The average Bonchev–Trinajstić information content (AvgIpc) is 3.02. The minimum absolute atomic E-state index is 0.0728. The molecule has 96 valence electrons. The Morgan fingerprint density at radius 2 is 2.11 bits per heavy atom. The molecule has 1 saturated heterocycles. The van der Waals surface area contributed by atoms with E-state index >= 15 is 0 Å². The zero-order chi connectivity index (χ0) is 12.4. The van der Waals surface area contributed by atoms with E-state index in [-0.39, 0.29) is 5.91 Å². The molecule has 2 unspecified atom stereocenters. The van der Waals surface area contributed by atoms with Crippen LogP contribution in [0.25, 0.3) is 0 Å². The Morgan fingerprint density at radius 3 is 2.83 bits per heavy atom. The predicted octanol–water partition coefficient (Wildman–Crippen LogP) is 1.95. The molecule has 1 amide bonds. The third-order valence-electron chi connectivity index (χ3n) is 4.41. The number of rotatable bonds is 2. The molecule has 18 heavy (non-hydrogen) atoms. The van der Waals surface area contributed by atoms with Crippen molar-refractivity contribution in [2.75, 3.05) is 13.1 Å². The highest BCUT2D eigenvalue weighted by atomic mass is 16.1. The largest absolute Gasteiger partial charge is 0.349 e. The van der Waals surface area contributed by atoms with Crippen molar-refractivity contribution in [1.29, 1.82) is 0 Å². The molecule has 2 fully saturated rings. The van der Waals surface area contributed by atoms with Crippen molar-refractivity contribution in [1.82, 2.24) is 10.6 Å². The van der Waals surface area contributed by atoms with Gasteiger partial charge in [0.1, 0.15) is 0 Å². The van der Waals surface area contributed by atoms with Gasteiger partial charge in [0.25, 0.3) is 5.91 Å². The van der Waals surface area contributed by atoms with Gasteiger partial charge in [0.15, 0.2) is 0 Å². The molecule has 0 radical (unpaired) electrons. The molecule has 3 rings (SSSR count). The van der Waals surface area contributed by atoms with Gasteiger partial charge >= 0.3 is 0 Å². The Hall–Kier alpha value is -1.35. The van der Waals surface area contributed by atoms with Crippen molar-refractivity contribution in [3.63, 3.8) is 0 Å². The van der Waals surface area contributed by atoms with E-state index in [1.54, 1.807) is 0 Å². The molecule has 1 spiro atoms. The lowest BCUT2D eigenvalue weighted by atomic mass is 9.85. The second-order valence-electron chi connectivity index (χ2n) is 5.71. The summed E-state index contributed by atoms with van der Waals surface area (Å²) >= 11 is 0. The molecule has 1 saturated carbocycles. The first-order chi connectivity index (χ1) is 8.77. The van der Waals surface area contributed by atoms with Crippen LogP contribution in [0, 0.1) is 5.41 Å². The summed E-state index contributed by atoms with van der Waals surface area (Å²) in [6.45, 7) is 2.27. The number of amides is 1. The van der Waals surface area contributed by atoms with Crippen molar-refractivity contribution in [2.45, 2.75) is 31.7 Å². The van der Waals surface area contributed by atoms with Crippen molar-refractivity contribution in [3.05, 3.63) is 35.9 Å². The first kappa shape index (κ1) is 11.7. The molecule has 1 aliphatic carbocycles. The lowest BCUT2D eigenvalue weighted by Gasteiger charge is -2.21. The Kier molecular flexibility index (Phi) is 3.08. The lowest BCUT2D eigenvalue weighted by Crippen LogP contribution is -2.34. The summed E-state index contributed by atoms with van der Waals surface area (Å²) in [4.78, 5) is 12.1. The van der Waals surface area contributed by atoms with E-state index in [2.05, 4.69) is 10.6 Å². The van der Waals surface area contributed by atoms with Crippen LogP contribution in [0.15, 0.2) is 30.3 Å². The van der Waals surface area contributed by atoms with Crippen LogP contribution in [0.1, 0.15) is 36.0 Å². The first-order valence-corrected chi connectivity index (χ1v) is 6.84. The van der Waals surface area contributed by atoms with Crippen LogP contribution < -0.4 is 10.6 Å². The number of hydrogen-bond acceptors (Lipinski definition) is 2. The van der Waals surface area contributed by atoms with Crippen LogP contribution in [-0.2, 0) is 0 Å². The highest BCUT2D eigenvalue weighted by Crippen LogP contribution is 2.42. The normalized spacial score (nSPS) is 30.8. The molecule has 0 bridgehead atoms. The monoisotopic (exact) mass is 244 g/mol. The molecule has 2 atom stereocenters. The molecule has 0 aromatic heterocycles. The van der Waals surface area contributed by atoms with E-state index in [1.165, 1.54) is 12.8 Å². The van der Waals surface area contributed by atoms with Crippen LogP contribution in [-0.4, -0.2) is 25.0 Å². The zero-order valence-corrected chi connectivity index (χ0v) is 10.6. The quantitative estimate of drug-likeness (QED) is 0.835. The number of hydrogen-bond donors (Lipinski definition) is 2. The maximum absolute atomic E-state index is 12.1. The van der Waals surface area contributed by atoms with Gasteiger partial charge in [-0.3, -0.25) is 4.79 Å². The summed E-state index contributed by atoms with van der Waals surface area (Å²) in [5.41, 5.74) is 1.23. The third-order valence-corrected chi connectivity index (χ3v) is 4.41. The van der Waals surface area contributed by atoms with Crippen LogP contribution in [0.2, 0.25) is 0 Å². The van der Waals surface area contributed by atoms with E-state index < -0.39 is 0 Å². The third kappa shape index (κ3) is 2.27. The summed E-state index contributed by atoms with van der Waals surface area (Å²) < 4.78 is 0. The number of benzene rings is 1. The fourth-order valence-electron chi connectivity index (χ4n) is 3.37. The molecule has 2 aliphatic rings. The van der Waals surface area contributed by atoms with E-state index in [1.807, 2.05) is 30.3 Å². The molecule has 3 nitrogen and oxygen atoms in total. The van der Waals surface area contributed by atoms with Gasteiger partial charge in [-0.2, -0.15) is 0 Å². The van der Waals surface area contributed by atoms with Crippen LogP contribution in [0.5, 0.6) is 0 Å². The molecular weight excluding hydrogens is 224 g/mol. The smallest absolute Gasteiger partial charge is 0.251 e. The van der Waals surface area contributed by atoms with E-state index in [4.69, 9.17) is 0 Å². The van der Waals surface area contributed by atoms with Crippen molar-refractivity contribution in [3.8, 4) is 0 Å². The predicted molar refractivity (Wildman–Crippen MR) is 71.5 cm³/mol. The fourth-order valence-corrected chi connectivity index (χ4v) is 3.37. The van der Waals surface area contributed by atoms with Gasteiger partial charge < -0.3 is 10.6 Å². The SMILES string of the molecule is O=C(NC1CCC2(CCNC2)C1)c1ccccc1. The molecule has 1 aliphatic heterocycles. The molecule has 3 heteroatoms. The van der Waals surface area contributed by atoms with Gasteiger partial charge in [-0.15, -0.1) is 0 Å². The van der Waals surface area contributed by atoms with Crippen LogP contribution >= 0.6 is 0 Å². The van der Waals surface area contributed by atoms with Crippen molar-refractivity contribution >= 4 is 5.91 Å². The Balaban J connectivity index is 1.60. The summed E-state index contributed by atoms with van der Waals surface area (Å²) in [6.07, 6.45) is 4.78. The summed E-state index contributed by atoms with van der Waals surface area (Å²) in [6, 6.07) is 9.86. The maximum Gasteiger partial charge on any atom is 0.251 e. The summed E-state index contributed by atoms with van der Waals surface area (Å²) in [7, 11) is 0. The highest BCUT2D eigenvalue weighted by Gasteiger charge is 2.41. The van der Waals surface area contributed by atoms with Gasteiger partial charge in [0, 0.05) is 18.2 Å². The highest BCUT2D eigenvalue weighted by molar-refractivity contribution is 5.94. The van der Waals surface area contributed by atoms with Gasteiger partial charge in [-0.05, 0) is 49.8 Å². The van der Waals surface area contributed by atoms with Gasteiger partial charge in [0.05, 0.1) is 0 Å². The second kappa shape index (κ2) is 4.73. The molecule has 2 N–H and O–H groups in total. The number of nitrogens with one attached hydrogen (secondary N) is 2. The average molecular weight is 244 g/mol. The fraction of sp³-hybridized carbons (Fsp3) is 0.533. The van der Waals surface area contributed by atoms with E-state index in [0.717, 1.165) is 31.5 Å². The van der Waals surface area contributed by atoms with Crippen LogP contribution in [0.4, 0.5) is 0 Å². The Morgan fingerprint density at radius 1 is 1.28 bits per heavy atom. The molecule has 1 heterocycles. The minimum atomic E-state index is 0.0728. The zero-order valence-electron chi connectivity index (χ0n) is 10.6. The molecule has 1 aromatic carbocycles. The standard InChI is InChI=1S/C15H20N2O/c18-14(12-4-2-1-3-5-12)17-13-6-7-15(10-13)8-9-16-11-15/h1-5,13,16H,6-11H2,(H,17,18). The number of carbonyl (C=O) groups excluding carboxylic acids is 1. The maximum atomic E-state index is 12.1.